The van der Waals surface area contributed by atoms with Crippen LogP contribution in [0.1, 0.15) is 53.4 Å². The molecule has 6 unspecified atom stereocenters. The average molecular weight is 403 g/mol. The Morgan fingerprint density at radius 1 is 1.14 bits per heavy atom. The number of fused-ring (bicyclic) bond motifs is 5. The number of allylic oxidation sites excluding steroid dienone is 6. The van der Waals surface area contributed by atoms with Gasteiger partial charge < -0.3 is 4.74 Å². The molecule has 4 aliphatic rings. The third-order valence-electron chi connectivity index (χ3n) is 8.17. The first-order valence-corrected chi connectivity index (χ1v) is 10.5. The van der Waals surface area contributed by atoms with E-state index in [1.54, 1.807) is 19.1 Å². The fraction of sp³-hybridized carbons (Fsp3) is 0.609. The molecule has 0 aromatic heterocycles. The van der Waals surface area contributed by atoms with Crippen LogP contribution in [0, 0.1) is 28.6 Å². The molecule has 0 bridgehead atoms. The number of hydrogen-bond acceptors (Lipinski definition) is 4. The quantitative estimate of drug-likeness (QED) is 0.637. The lowest BCUT2D eigenvalue weighted by atomic mass is 9.48. The predicted octanol–water partition coefficient (Wildman–Crippen LogP) is 4.53. The Kier molecular flexibility index (Phi) is 4.32. The zero-order chi connectivity index (χ0) is 20.5. The maximum atomic E-state index is 12.7. The molecule has 5 heteroatoms. The average Bonchev–Trinajstić information content (AvgIpc) is 2.90. The number of carbonyl (C=O) groups is 3. The van der Waals surface area contributed by atoms with Gasteiger partial charge in [-0.05, 0) is 68.1 Å². The highest BCUT2D eigenvalue weighted by atomic mass is 35.5. The summed E-state index contributed by atoms with van der Waals surface area (Å²) in [6.07, 6.45) is 10.5. The van der Waals surface area contributed by atoms with Crippen molar-refractivity contribution in [2.45, 2.75) is 59.0 Å². The second kappa shape index (κ2) is 6.16. The van der Waals surface area contributed by atoms with Crippen molar-refractivity contribution in [3.8, 4) is 0 Å². The molecule has 6 atom stereocenters. The minimum absolute atomic E-state index is 0.0237. The van der Waals surface area contributed by atoms with E-state index in [0.29, 0.717) is 17.4 Å². The van der Waals surface area contributed by atoms with Crippen LogP contribution in [-0.4, -0.2) is 23.1 Å². The standard InChI is InChI=1S/C23H27ClO4/c1-13(25)23(28-14(2)26)10-7-18-16-12-20(24)19-11-15(27)5-8-21(19,3)17(16)6-9-22(18,23)4/h5,8,11-12,16-18H,6-7,9-10H2,1-4H3. The van der Waals surface area contributed by atoms with Crippen LogP contribution in [0.4, 0.5) is 0 Å². The summed E-state index contributed by atoms with van der Waals surface area (Å²) < 4.78 is 5.77. The molecule has 0 aromatic rings. The third-order valence-corrected chi connectivity index (χ3v) is 8.50. The minimum Gasteiger partial charge on any atom is -0.451 e. The number of hydrogen-bond donors (Lipinski definition) is 0. The Balaban J connectivity index is 1.80. The van der Waals surface area contributed by atoms with E-state index in [-0.39, 0.29) is 28.8 Å². The first-order valence-electron chi connectivity index (χ1n) is 10.1. The summed E-state index contributed by atoms with van der Waals surface area (Å²) in [6, 6.07) is 0. The second-order valence-electron chi connectivity index (χ2n) is 9.35. The predicted molar refractivity (Wildman–Crippen MR) is 106 cm³/mol. The molecule has 4 aliphatic carbocycles. The monoisotopic (exact) mass is 402 g/mol. The number of ketones is 2. The molecule has 0 aromatic carbocycles. The smallest absolute Gasteiger partial charge is 0.303 e. The van der Waals surface area contributed by atoms with E-state index in [4.69, 9.17) is 16.3 Å². The Morgan fingerprint density at radius 2 is 1.82 bits per heavy atom. The van der Waals surface area contributed by atoms with Crippen LogP contribution in [0.25, 0.3) is 0 Å². The van der Waals surface area contributed by atoms with Gasteiger partial charge in [0.1, 0.15) is 0 Å². The van der Waals surface area contributed by atoms with Gasteiger partial charge in [0.05, 0.1) is 0 Å². The largest absolute Gasteiger partial charge is 0.451 e. The van der Waals surface area contributed by atoms with Gasteiger partial charge in [0.25, 0.3) is 0 Å². The van der Waals surface area contributed by atoms with Crippen LogP contribution in [0.15, 0.2) is 34.9 Å². The van der Waals surface area contributed by atoms with Gasteiger partial charge in [0, 0.05) is 22.8 Å². The third kappa shape index (κ3) is 2.39. The van der Waals surface area contributed by atoms with Crippen LogP contribution < -0.4 is 0 Å². The maximum absolute atomic E-state index is 12.7. The molecular formula is C23H27ClO4. The molecule has 0 saturated heterocycles. The summed E-state index contributed by atoms with van der Waals surface area (Å²) in [5, 5.41) is 0.638. The lowest BCUT2D eigenvalue weighted by Crippen LogP contribution is -2.58. The number of ether oxygens (including phenoxy) is 1. The molecule has 0 heterocycles. The van der Waals surface area contributed by atoms with Gasteiger partial charge in [-0.15, -0.1) is 0 Å². The minimum atomic E-state index is -1.05. The zero-order valence-electron chi connectivity index (χ0n) is 16.9. The Hall–Kier alpha value is -1.68. The van der Waals surface area contributed by atoms with Crippen molar-refractivity contribution >= 4 is 29.1 Å². The van der Waals surface area contributed by atoms with Crippen molar-refractivity contribution < 1.29 is 19.1 Å². The molecule has 150 valence electrons. The molecular weight excluding hydrogens is 376 g/mol. The van der Waals surface area contributed by atoms with Gasteiger partial charge >= 0.3 is 5.97 Å². The fourth-order valence-corrected chi connectivity index (χ4v) is 7.19. The molecule has 2 saturated carbocycles. The van der Waals surface area contributed by atoms with Crippen molar-refractivity contribution in [1.82, 2.24) is 0 Å². The van der Waals surface area contributed by atoms with Crippen LogP contribution in [0.3, 0.4) is 0 Å². The first-order chi connectivity index (χ1) is 13.0. The summed E-state index contributed by atoms with van der Waals surface area (Å²) in [5.74, 6) is 0.207. The summed E-state index contributed by atoms with van der Waals surface area (Å²) >= 11 is 6.67. The molecule has 4 rings (SSSR count). The van der Waals surface area contributed by atoms with Gasteiger partial charge in [-0.25, -0.2) is 0 Å². The summed E-state index contributed by atoms with van der Waals surface area (Å²) in [7, 11) is 0. The zero-order valence-corrected chi connectivity index (χ0v) is 17.6. The van der Waals surface area contributed by atoms with E-state index >= 15 is 0 Å². The molecule has 4 nitrogen and oxygen atoms in total. The Bertz CT molecular complexity index is 868. The van der Waals surface area contributed by atoms with Crippen LogP contribution >= 0.6 is 11.6 Å². The number of Topliss-reactive ketones (excluding diaryl/α,β-unsaturated/α-hetero) is 1. The van der Waals surface area contributed by atoms with Gasteiger partial charge in [-0.1, -0.05) is 37.6 Å². The van der Waals surface area contributed by atoms with Crippen LogP contribution in [0.2, 0.25) is 0 Å². The van der Waals surface area contributed by atoms with Crippen LogP contribution in [-0.2, 0) is 19.1 Å². The SMILES string of the molecule is CC(=O)OC1(C(C)=O)CCC2C3C=C(Cl)C4=CC(=O)C=CC4(C)C3CCC21C. The van der Waals surface area contributed by atoms with Gasteiger partial charge in [-0.2, -0.15) is 0 Å². The molecule has 0 amide bonds. The topological polar surface area (TPSA) is 60.4 Å². The van der Waals surface area contributed by atoms with E-state index in [9.17, 15) is 14.4 Å². The maximum Gasteiger partial charge on any atom is 0.303 e. The van der Waals surface area contributed by atoms with Crippen molar-refractivity contribution in [3.05, 3.63) is 34.9 Å². The molecule has 0 N–H and O–H groups in total. The second-order valence-corrected chi connectivity index (χ2v) is 9.76. The van der Waals surface area contributed by atoms with Crippen molar-refractivity contribution in [3.63, 3.8) is 0 Å². The Morgan fingerprint density at radius 3 is 2.46 bits per heavy atom. The molecule has 0 aliphatic heterocycles. The number of halogens is 1. The molecule has 2 fully saturated rings. The molecule has 0 radical (unpaired) electrons. The highest BCUT2D eigenvalue weighted by molar-refractivity contribution is 6.32. The van der Waals surface area contributed by atoms with Crippen LogP contribution in [0.5, 0.6) is 0 Å². The normalized spacial score (nSPS) is 44.0. The molecule has 28 heavy (non-hydrogen) atoms. The Labute approximate surface area is 171 Å². The highest BCUT2D eigenvalue weighted by Crippen LogP contribution is 2.67. The van der Waals surface area contributed by atoms with Gasteiger partial charge in [-0.3, -0.25) is 14.4 Å². The van der Waals surface area contributed by atoms with E-state index in [1.165, 1.54) is 6.92 Å². The van der Waals surface area contributed by atoms with E-state index in [0.717, 1.165) is 24.8 Å². The number of rotatable bonds is 2. The summed E-state index contributed by atoms with van der Waals surface area (Å²) in [5.41, 5.74) is -0.841. The van der Waals surface area contributed by atoms with Crippen molar-refractivity contribution in [2.75, 3.05) is 0 Å². The summed E-state index contributed by atoms with van der Waals surface area (Å²) in [4.78, 5) is 36.5. The molecule has 0 spiro atoms. The first kappa shape index (κ1) is 19.6. The van der Waals surface area contributed by atoms with Gasteiger partial charge in [0.2, 0.25) is 0 Å². The number of carbonyl (C=O) groups excluding carboxylic acids is 3. The van der Waals surface area contributed by atoms with Crippen molar-refractivity contribution in [2.24, 2.45) is 28.6 Å². The number of esters is 1. The summed E-state index contributed by atoms with van der Waals surface area (Å²) in [6.45, 7) is 7.20. The van der Waals surface area contributed by atoms with E-state index in [2.05, 4.69) is 19.9 Å². The lowest BCUT2D eigenvalue weighted by Gasteiger charge is -2.56. The van der Waals surface area contributed by atoms with E-state index < -0.39 is 17.0 Å². The van der Waals surface area contributed by atoms with Crippen molar-refractivity contribution in [1.29, 1.82) is 0 Å². The van der Waals surface area contributed by atoms with Gasteiger partial charge in [0.15, 0.2) is 17.2 Å². The fourth-order valence-electron chi connectivity index (χ4n) is 6.79. The highest BCUT2D eigenvalue weighted by Gasteiger charge is 2.67. The van der Waals surface area contributed by atoms with E-state index in [1.807, 2.05) is 6.08 Å². The lowest BCUT2D eigenvalue weighted by molar-refractivity contribution is -0.184.